The Kier molecular flexibility index (Phi) is 3.30. The molecule has 1 aromatic heterocycles. The first-order valence-corrected chi connectivity index (χ1v) is 4.36. The van der Waals surface area contributed by atoms with Crippen LogP contribution in [0.5, 0.6) is 5.75 Å². The molecular formula is C7H8BrNO4. The number of hydrogen-bond donors (Lipinski definition) is 0. The van der Waals surface area contributed by atoms with Crippen molar-refractivity contribution in [3.8, 4) is 5.75 Å². The molecule has 1 aromatic rings. The summed E-state index contributed by atoms with van der Waals surface area (Å²) in [5.74, 6) is -0.313. The Morgan fingerprint density at radius 3 is 2.92 bits per heavy atom. The molecule has 0 aromatic carbocycles. The number of hydrogen-bond acceptors (Lipinski definition) is 5. The Morgan fingerprint density at radius 1 is 1.69 bits per heavy atom. The number of carbonyl (C=O) groups is 1. The van der Waals surface area contributed by atoms with Crippen molar-refractivity contribution < 1.29 is 18.8 Å². The molecule has 0 saturated carbocycles. The molecule has 1 rings (SSSR count). The lowest BCUT2D eigenvalue weighted by atomic mass is 10.4. The minimum atomic E-state index is -0.561. The standard InChI is InChI=1S/C7H8BrNO4/c1-3-12-7(10)4-5(11-2)6(8)13-9-4/h3H2,1-2H3. The average Bonchev–Trinajstić information content (AvgIpc) is 2.47. The summed E-state index contributed by atoms with van der Waals surface area (Å²) in [5, 5.41) is 3.48. The lowest BCUT2D eigenvalue weighted by molar-refractivity contribution is 0.0511. The van der Waals surface area contributed by atoms with Gasteiger partial charge in [0, 0.05) is 0 Å². The van der Waals surface area contributed by atoms with Gasteiger partial charge in [-0.05, 0) is 22.9 Å². The fourth-order valence-corrected chi connectivity index (χ4v) is 1.19. The van der Waals surface area contributed by atoms with E-state index in [4.69, 9.17) is 14.0 Å². The van der Waals surface area contributed by atoms with Gasteiger partial charge in [-0.1, -0.05) is 5.16 Å². The van der Waals surface area contributed by atoms with E-state index in [0.29, 0.717) is 0 Å². The highest BCUT2D eigenvalue weighted by atomic mass is 79.9. The smallest absolute Gasteiger partial charge is 0.364 e. The minimum absolute atomic E-state index is 0.0382. The van der Waals surface area contributed by atoms with E-state index < -0.39 is 5.97 Å². The lowest BCUT2D eigenvalue weighted by Crippen LogP contribution is -2.06. The van der Waals surface area contributed by atoms with Gasteiger partial charge in [0.2, 0.25) is 16.1 Å². The third-order valence-electron chi connectivity index (χ3n) is 1.28. The van der Waals surface area contributed by atoms with Gasteiger partial charge in [-0.2, -0.15) is 0 Å². The van der Waals surface area contributed by atoms with Crippen molar-refractivity contribution in [1.29, 1.82) is 0 Å². The van der Waals surface area contributed by atoms with Gasteiger partial charge in [-0.25, -0.2) is 4.79 Å². The molecule has 5 nitrogen and oxygen atoms in total. The number of aromatic nitrogens is 1. The van der Waals surface area contributed by atoms with Gasteiger partial charge in [-0.3, -0.25) is 0 Å². The summed E-state index contributed by atoms with van der Waals surface area (Å²) in [4.78, 5) is 11.2. The molecule has 0 amide bonds. The monoisotopic (exact) mass is 249 g/mol. The van der Waals surface area contributed by atoms with E-state index in [1.165, 1.54) is 7.11 Å². The molecule has 6 heteroatoms. The molecular weight excluding hydrogens is 242 g/mol. The van der Waals surface area contributed by atoms with Crippen LogP contribution >= 0.6 is 15.9 Å². The third-order valence-corrected chi connectivity index (χ3v) is 1.79. The third kappa shape index (κ3) is 2.00. The van der Waals surface area contributed by atoms with Gasteiger partial charge in [0.05, 0.1) is 13.7 Å². The molecule has 0 spiro atoms. The van der Waals surface area contributed by atoms with Gasteiger partial charge >= 0.3 is 5.97 Å². The second kappa shape index (κ2) is 4.27. The van der Waals surface area contributed by atoms with E-state index in [1.807, 2.05) is 0 Å². The summed E-state index contributed by atoms with van der Waals surface area (Å²) in [5.41, 5.74) is 0.0382. The molecule has 1 heterocycles. The fraction of sp³-hybridized carbons (Fsp3) is 0.429. The van der Waals surface area contributed by atoms with Crippen LogP contribution in [0.15, 0.2) is 9.19 Å². The second-order valence-corrected chi connectivity index (χ2v) is 2.78. The molecule has 0 aliphatic carbocycles. The average molecular weight is 250 g/mol. The predicted molar refractivity (Wildman–Crippen MR) is 46.7 cm³/mol. The van der Waals surface area contributed by atoms with Gasteiger partial charge in [0.15, 0.2) is 0 Å². The Balaban J connectivity index is 2.93. The van der Waals surface area contributed by atoms with Gasteiger partial charge < -0.3 is 14.0 Å². The number of esters is 1. The fourth-order valence-electron chi connectivity index (χ4n) is 0.768. The highest BCUT2D eigenvalue weighted by molar-refractivity contribution is 9.10. The maximum Gasteiger partial charge on any atom is 0.364 e. The zero-order valence-corrected chi connectivity index (χ0v) is 8.75. The van der Waals surface area contributed by atoms with Crippen LogP contribution in [-0.2, 0) is 4.74 Å². The van der Waals surface area contributed by atoms with Gasteiger partial charge in [0.1, 0.15) is 0 Å². The maximum absolute atomic E-state index is 11.2. The van der Waals surface area contributed by atoms with Crippen LogP contribution in [0.25, 0.3) is 0 Å². The van der Waals surface area contributed by atoms with Crippen LogP contribution in [0.2, 0.25) is 0 Å². The van der Waals surface area contributed by atoms with Crippen molar-refractivity contribution >= 4 is 21.9 Å². The summed E-state index contributed by atoms with van der Waals surface area (Å²) in [6.07, 6.45) is 0. The topological polar surface area (TPSA) is 61.6 Å². The molecule has 0 atom stereocenters. The summed E-state index contributed by atoms with van der Waals surface area (Å²) < 4.78 is 14.6. The molecule has 0 N–H and O–H groups in total. The number of carbonyl (C=O) groups excluding carboxylic acids is 1. The Bertz CT molecular complexity index is 309. The molecule has 0 saturated heterocycles. The molecule has 0 bridgehead atoms. The zero-order chi connectivity index (χ0) is 9.84. The molecule has 72 valence electrons. The SMILES string of the molecule is CCOC(=O)c1noc(Br)c1OC. The van der Waals surface area contributed by atoms with Crippen LogP contribution in [0.4, 0.5) is 0 Å². The number of ether oxygens (including phenoxy) is 2. The Hall–Kier alpha value is -1.04. The van der Waals surface area contributed by atoms with Crippen LogP contribution in [0, 0.1) is 0 Å². The van der Waals surface area contributed by atoms with Crippen molar-refractivity contribution in [3.05, 3.63) is 10.4 Å². The molecule has 0 aliphatic rings. The first-order chi connectivity index (χ1) is 6.20. The van der Waals surface area contributed by atoms with Crippen molar-refractivity contribution in [2.45, 2.75) is 6.92 Å². The Labute approximate surface area is 83.1 Å². The van der Waals surface area contributed by atoms with E-state index in [2.05, 4.69) is 21.1 Å². The van der Waals surface area contributed by atoms with Crippen molar-refractivity contribution in [2.24, 2.45) is 0 Å². The summed E-state index contributed by atoms with van der Waals surface area (Å²) in [6, 6.07) is 0. The molecule has 0 unspecified atom stereocenters. The van der Waals surface area contributed by atoms with E-state index >= 15 is 0 Å². The normalized spacial score (nSPS) is 9.77. The zero-order valence-electron chi connectivity index (χ0n) is 7.17. The van der Waals surface area contributed by atoms with Gasteiger partial charge in [0.25, 0.3) is 0 Å². The van der Waals surface area contributed by atoms with Crippen molar-refractivity contribution in [3.63, 3.8) is 0 Å². The van der Waals surface area contributed by atoms with Crippen LogP contribution in [0.3, 0.4) is 0 Å². The second-order valence-electron chi connectivity index (χ2n) is 2.06. The van der Waals surface area contributed by atoms with Crippen LogP contribution in [-0.4, -0.2) is 24.8 Å². The number of rotatable bonds is 3. The first-order valence-electron chi connectivity index (χ1n) is 3.57. The van der Waals surface area contributed by atoms with Gasteiger partial charge in [-0.15, -0.1) is 0 Å². The largest absolute Gasteiger partial charge is 0.490 e. The maximum atomic E-state index is 11.2. The molecule has 0 aliphatic heterocycles. The van der Waals surface area contributed by atoms with E-state index in [-0.39, 0.29) is 22.7 Å². The number of nitrogens with zero attached hydrogens (tertiary/aromatic N) is 1. The Morgan fingerprint density at radius 2 is 2.38 bits per heavy atom. The van der Waals surface area contributed by atoms with Crippen LogP contribution in [0.1, 0.15) is 17.4 Å². The minimum Gasteiger partial charge on any atom is -0.490 e. The quantitative estimate of drug-likeness (QED) is 0.763. The highest BCUT2D eigenvalue weighted by Gasteiger charge is 2.22. The number of methoxy groups -OCH3 is 1. The number of halogens is 1. The van der Waals surface area contributed by atoms with Crippen molar-refractivity contribution in [1.82, 2.24) is 5.16 Å². The molecule has 0 radical (unpaired) electrons. The molecule has 13 heavy (non-hydrogen) atoms. The summed E-state index contributed by atoms with van der Waals surface area (Å²) in [7, 11) is 1.42. The predicted octanol–water partition coefficient (Wildman–Crippen LogP) is 1.62. The van der Waals surface area contributed by atoms with Crippen molar-refractivity contribution in [2.75, 3.05) is 13.7 Å². The van der Waals surface area contributed by atoms with E-state index in [0.717, 1.165) is 0 Å². The first kappa shape index (κ1) is 10.0. The van der Waals surface area contributed by atoms with E-state index in [1.54, 1.807) is 6.92 Å². The van der Waals surface area contributed by atoms with E-state index in [9.17, 15) is 4.79 Å². The molecule has 0 fully saturated rings. The summed E-state index contributed by atoms with van der Waals surface area (Å²) in [6.45, 7) is 1.99. The summed E-state index contributed by atoms with van der Waals surface area (Å²) >= 11 is 3.03. The van der Waals surface area contributed by atoms with Crippen LogP contribution < -0.4 is 4.74 Å². The highest BCUT2D eigenvalue weighted by Crippen LogP contribution is 2.28. The lowest BCUT2D eigenvalue weighted by Gasteiger charge is -1.99.